The number of rotatable bonds is 5. The Morgan fingerprint density at radius 1 is 1.18 bits per heavy atom. The number of carbonyl (C=O) groups excluding carboxylic acids is 1. The van der Waals surface area contributed by atoms with Crippen molar-refractivity contribution in [3.63, 3.8) is 0 Å². The minimum absolute atomic E-state index is 0.141. The monoisotopic (exact) mass is 297 g/mol. The predicted molar refractivity (Wildman–Crippen MR) is 91.5 cm³/mol. The minimum atomic E-state index is -0.141. The molecule has 4 heteroatoms. The van der Waals surface area contributed by atoms with Crippen molar-refractivity contribution in [2.45, 2.75) is 40.2 Å². The normalized spacial score (nSPS) is 11.8. The van der Waals surface area contributed by atoms with E-state index >= 15 is 0 Å². The largest absolute Gasteiger partial charge is 0.381 e. The van der Waals surface area contributed by atoms with Gasteiger partial charge >= 0.3 is 0 Å². The first kappa shape index (κ1) is 16.0. The van der Waals surface area contributed by atoms with Crippen molar-refractivity contribution in [1.29, 1.82) is 0 Å². The third-order valence-corrected chi connectivity index (χ3v) is 3.80. The van der Waals surface area contributed by atoms with Crippen LogP contribution in [0.2, 0.25) is 0 Å². The van der Waals surface area contributed by atoms with Crippen LogP contribution in [0.4, 0.5) is 11.5 Å². The number of benzene rings is 1. The molecule has 0 saturated carbocycles. The van der Waals surface area contributed by atoms with E-state index < -0.39 is 0 Å². The Labute approximate surface area is 132 Å². The molecule has 0 spiro atoms. The van der Waals surface area contributed by atoms with Gasteiger partial charge < -0.3 is 10.6 Å². The topological polar surface area (TPSA) is 54.0 Å². The maximum Gasteiger partial charge on any atom is 0.256 e. The van der Waals surface area contributed by atoms with E-state index in [2.05, 4.69) is 29.5 Å². The number of nitrogens with one attached hydrogen (secondary N) is 2. The molecule has 1 heterocycles. The van der Waals surface area contributed by atoms with Crippen molar-refractivity contribution in [2.24, 2.45) is 0 Å². The lowest BCUT2D eigenvalue weighted by molar-refractivity contribution is 0.102. The van der Waals surface area contributed by atoms with Crippen LogP contribution >= 0.6 is 0 Å². The quantitative estimate of drug-likeness (QED) is 0.871. The summed E-state index contributed by atoms with van der Waals surface area (Å²) in [7, 11) is 0. The molecule has 2 aromatic rings. The highest BCUT2D eigenvalue weighted by Gasteiger charge is 2.08. The van der Waals surface area contributed by atoms with E-state index in [0.717, 1.165) is 17.7 Å². The highest BCUT2D eigenvalue weighted by atomic mass is 16.1. The van der Waals surface area contributed by atoms with E-state index in [9.17, 15) is 4.79 Å². The Kier molecular flexibility index (Phi) is 5.15. The molecule has 0 aliphatic heterocycles. The summed E-state index contributed by atoms with van der Waals surface area (Å²) in [5, 5.41) is 6.16. The standard InChI is InChI=1S/C18H23N3O/c1-5-14(4)20-16-8-9-17(19-11-16)21-18(22)15-7-6-12(2)13(3)10-15/h6-11,14,20H,5H2,1-4H3,(H,19,21,22). The lowest BCUT2D eigenvalue weighted by Gasteiger charge is -2.13. The van der Waals surface area contributed by atoms with E-state index in [1.165, 1.54) is 5.56 Å². The highest BCUT2D eigenvalue weighted by molar-refractivity contribution is 6.03. The average molecular weight is 297 g/mol. The summed E-state index contributed by atoms with van der Waals surface area (Å²) in [4.78, 5) is 16.5. The number of aromatic nitrogens is 1. The van der Waals surface area contributed by atoms with Crippen LogP contribution in [0.1, 0.15) is 41.8 Å². The van der Waals surface area contributed by atoms with Crippen molar-refractivity contribution in [3.8, 4) is 0 Å². The molecule has 0 fully saturated rings. The molecule has 1 amide bonds. The van der Waals surface area contributed by atoms with Gasteiger partial charge in [0.2, 0.25) is 0 Å². The van der Waals surface area contributed by atoms with Gasteiger partial charge in [-0.3, -0.25) is 4.79 Å². The first-order valence-corrected chi connectivity index (χ1v) is 7.60. The second-order valence-corrected chi connectivity index (χ2v) is 5.64. The Bertz CT molecular complexity index is 650. The molecule has 0 radical (unpaired) electrons. The van der Waals surface area contributed by atoms with Gasteiger partial charge in [0, 0.05) is 11.6 Å². The summed E-state index contributed by atoms with van der Waals surface area (Å²) in [6.07, 6.45) is 2.79. The van der Waals surface area contributed by atoms with Crippen molar-refractivity contribution in [2.75, 3.05) is 10.6 Å². The van der Waals surface area contributed by atoms with Crippen molar-refractivity contribution in [3.05, 3.63) is 53.2 Å². The molecule has 4 nitrogen and oxygen atoms in total. The number of aryl methyl sites for hydroxylation is 2. The molecule has 1 aromatic carbocycles. The number of anilines is 2. The van der Waals surface area contributed by atoms with Gasteiger partial charge in [-0.1, -0.05) is 13.0 Å². The number of nitrogens with zero attached hydrogens (tertiary/aromatic N) is 1. The molecule has 0 saturated heterocycles. The van der Waals surface area contributed by atoms with Crippen LogP contribution in [0.15, 0.2) is 36.5 Å². The predicted octanol–water partition coefficient (Wildman–Crippen LogP) is 4.16. The van der Waals surface area contributed by atoms with Gasteiger partial charge in [0.15, 0.2) is 0 Å². The van der Waals surface area contributed by atoms with E-state index in [1.807, 2.05) is 44.2 Å². The summed E-state index contributed by atoms with van der Waals surface area (Å²) in [6.45, 7) is 8.28. The second kappa shape index (κ2) is 7.07. The van der Waals surface area contributed by atoms with Crippen LogP contribution < -0.4 is 10.6 Å². The van der Waals surface area contributed by atoms with Gasteiger partial charge in [-0.05, 0) is 62.6 Å². The fourth-order valence-electron chi connectivity index (χ4n) is 2.01. The Balaban J connectivity index is 2.03. The van der Waals surface area contributed by atoms with Crippen LogP contribution in [-0.4, -0.2) is 16.9 Å². The molecular weight excluding hydrogens is 274 g/mol. The van der Waals surface area contributed by atoms with Gasteiger partial charge in [-0.15, -0.1) is 0 Å². The molecule has 0 aliphatic carbocycles. The maximum atomic E-state index is 12.2. The van der Waals surface area contributed by atoms with Crippen molar-refractivity contribution >= 4 is 17.4 Å². The van der Waals surface area contributed by atoms with E-state index in [4.69, 9.17) is 0 Å². The number of amides is 1. The molecule has 22 heavy (non-hydrogen) atoms. The van der Waals surface area contributed by atoms with E-state index in [-0.39, 0.29) is 5.91 Å². The third kappa shape index (κ3) is 4.07. The van der Waals surface area contributed by atoms with Crippen LogP contribution in [0, 0.1) is 13.8 Å². The summed E-state index contributed by atoms with van der Waals surface area (Å²) in [6, 6.07) is 9.81. The van der Waals surface area contributed by atoms with Crippen LogP contribution in [0.3, 0.4) is 0 Å². The fourth-order valence-corrected chi connectivity index (χ4v) is 2.01. The summed E-state index contributed by atoms with van der Waals surface area (Å²) in [5.41, 5.74) is 3.88. The smallest absolute Gasteiger partial charge is 0.256 e. The van der Waals surface area contributed by atoms with Crippen molar-refractivity contribution < 1.29 is 4.79 Å². The molecule has 1 aromatic heterocycles. The average Bonchev–Trinajstić information content (AvgIpc) is 2.51. The Morgan fingerprint density at radius 2 is 1.95 bits per heavy atom. The zero-order valence-corrected chi connectivity index (χ0v) is 13.6. The van der Waals surface area contributed by atoms with Gasteiger partial charge in [0.05, 0.1) is 11.9 Å². The van der Waals surface area contributed by atoms with E-state index in [1.54, 1.807) is 6.20 Å². The van der Waals surface area contributed by atoms with Crippen LogP contribution in [0.5, 0.6) is 0 Å². The second-order valence-electron chi connectivity index (χ2n) is 5.64. The van der Waals surface area contributed by atoms with Crippen LogP contribution in [-0.2, 0) is 0 Å². The maximum absolute atomic E-state index is 12.2. The zero-order valence-electron chi connectivity index (χ0n) is 13.6. The lowest BCUT2D eigenvalue weighted by atomic mass is 10.1. The SMILES string of the molecule is CCC(C)Nc1ccc(NC(=O)c2ccc(C)c(C)c2)nc1. The lowest BCUT2D eigenvalue weighted by Crippen LogP contribution is -2.15. The molecule has 0 aliphatic rings. The van der Waals surface area contributed by atoms with E-state index in [0.29, 0.717) is 17.4 Å². The summed E-state index contributed by atoms with van der Waals surface area (Å²) in [5.74, 6) is 0.413. The minimum Gasteiger partial charge on any atom is -0.381 e. The number of carbonyl (C=O) groups is 1. The molecule has 116 valence electrons. The summed E-state index contributed by atoms with van der Waals surface area (Å²) < 4.78 is 0. The van der Waals surface area contributed by atoms with Gasteiger partial charge in [0.1, 0.15) is 5.82 Å². The number of pyridine rings is 1. The highest BCUT2D eigenvalue weighted by Crippen LogP contribution is 2.14. The van der Waals surface area contributed by atoms with Gasteiger partial charge in [-0.25, -0.2) is 4.98 Å². The van der Waals surface area contributed by atoms with Gasteiger partial charge in [0.25, 0.3) is 5.91 Å². The first-order valence-electron chi connectivity index (χ1n) is 7.60. The molecule has 1 atom stereocenters. The molecular formula is C18H23N3O. The van der Waals surface area contributed by atoms with Crippen LogP contribution in [0.25, 0.3) is 0 Å². The first-order chi connectivity index (χ1) is 10.5. The van der Waals surface area contributed by atoms with Gasteiger partial charge in [-0.2, -0.15) is 0 Å². The molecule has 2 N–H and O–H groups in total. The Hall–Kier alpha value is -2.36. The summed E-state index contributed by atoms with van der Waals surface area (Å²) >= 11 is 0. The number of hydrogen-bond acceptors (Lipinski definition) is 3. The van der Waals surface area contributed by atoms with Crippen molar-refractivity contribution in [1.82, 2.24) is 4.98 Å². The number of hydrogen-bond donors (Lipinski definition) is 2. The molecule has 1 unspecified atom stereocenters. The fraction of sp³-hybridized carbons (Fsp3) is 0.333. The Morgan fingerprint density at radius 3 is 2.55 bits per heavy atom. The third-order valence-electron chi connectivity index (χ3n) is 3.80. The molecule has 2 rings (SSSR count). The molecule has 0 bridgehead atoms. The zero-order chi connectivity index (χ0) is 16.1.